The number of aromatic nitrogens is 1. The van der Waals surface area contributed by atoms with Crippen LogP contribution in [0.25, 0.3) is 116 Å². The van der Waals surface area contributed by atoms with Crippen molar-refractivity contribution in [1.29, 1.82) is 0 Å². The average Bonchev–Trinajstić information content (AvgIpc) is 2.83. The number of furan rings is 1. The van der Waals surface area contributed by atoms with E-state index in [4.69, 9.17) is 4.42 Å². The van der Waals surface area contributed by atoms with Crippen molar-refractivity contribution < 1.29 is 4.42 Å². The summed E-state index contributed by atoms with van der Waals surface area (Å²) >= 11 is 0. The first-order chi connectivity index (χ1) is 39.7. The molecule has 15 aromatic rings. The van der Waals surface area contributed by atoms with Gasteiger partial charge in [0.1, 0.15) is 11.2 Å². The highest BCUT2D eigenvalue weighted by molar-refractivity contribution is 6.13. The van der Waals surface area contributed by atoms with Crippen LogP contribution < -0.4 is 4.90 Å². The van der Waals surface area contributed by atoms with Crippen LogP contribution in [0.5, 0.6) is 0 Å². The lowest BCUT2D eigenvalue weighted by molar-refractivity contribution is 0.670. The summed E-state index contributed by atoms with van der Waals surface area (Å²) in [5.41, 5.74) is 25.4. The second kappa shape index (κ2) is 17.3. The lowest BCUT2D eigenvalue weighted by Gasteiger charge is -2.39. The van der Waals surface area contributed by atoms with Crippen molar-refractivity contribution in [2.24, 2.45) is 0 Å². The Morgan fingerprint density at radius 2 is 0.900 bits per heavy atom. The molecule has 0 N–H and O–H groups in total. The number of hydrogen-bond donors (Lipinski definition) is 0. The van der Waals surface area contributed by atoms with Gasteiger partial charge in [-0.05, 0) is 144 Å². The van der Waals surface area contributed by atoms with E-state index >= 15 is 0 Å². The van der Waals surface area contributed by atoms with Crippen molar-refractivity contribution >= 4 is 71.6 Å². The largest absolute Gasteiger partial charge is 0.455 e. The smallest absolute Gasteiger partial charge is 0.143 e. The summed E-state index contributed by atoms with van der Waals surface area (Å²) in [5.74, 6) is 0. The van der Waals surface area contributed by atoms with E-state index in [0.29, 0.717) is 0 Å². The summed E-state index contributed by atoms with van der Waals surface area (Å²) in [6.45, 7) is 0. The van der Waals surface area contributed by atoms with Crippen molar-refractivity contribution in [3.05, 3.63) is 313 Å². The molecule has 1 aliphatic heterocycles. The van der Waals surface area contributed by atoms with Crippen LogP contribution >= 0.6 is 0 Å². The predicted molar refractivity (Wildman–Crippen MR) is 333 cm³/mol. The molecule has 2 aromatic heterocycles. The van der Waals surface area contributed by atoms with Gasteiger partial charge in [-0.3, -0.25) is 0 Å². The number of anilines is 3. The Bertz CT molecular complexity index is 5020. The number of rotatable bonds is 7. The maximum atomic E-state index is 6.53. The minimum absolute atomic E-state index is 0.518. The molecule has 3 nitrogen and oxygen atoms in total. The van der Waals surface area contributed by atoms with Gasteiger partial charge in [0, 0.05) is 44.0 Å². The molecule has 17 rings (SSSR count). The van der Waals surface area contributed by atoms with Crippen LogP contribution in [0.1, 0.15) is 22.3 Å². The lowest BCUT2D eigenvalue weighted by atomic mass is 9.65. The van der Waals surface area contributed by atoms with Crippen molar-refractivity contribution in [2.45, 2.75) is 5.41 Å². The lowest BCUT2D eigenvalue weighted by Crippen LogP contribution is -2.33. The van der Waals surface area contributed by atoms with Gasteiger partial charge in [0.25, 0.3) is 0 Å². The summed E-state index contributed by atoms with van der Waals surface area (Å²) < 4.78 is 9.05. The van der Waals surface area contributed by atoms with Crippen LogP contribution in [0.15, 0.2) is 296 Å². The van der Waals surface area contributed by atoms with Crippen molar-refractivity contribution in [3.8, 4) is 61.3 Å². The van der Waals surface area contributed by atoms with Crippen molar-refractivity contribution in [2.75, 3.05) is 4.90 Å². The van der Waals surface area contributed by atoms with E-state index in [-0.39, 0.29) is 0 Å². The maximum Gasteiger partial charge on any atom is 0.143 e. The van der Waals surface area contributed by atoms with E-state index < -0.39 is 5.41 Å². The number of fused-ring (bicyclic) bond motifs is 16. The average molecular weight is 1020 g/mol. The quantitative estimate of drug-likeness (QED) is 0.159. The van der Waals surface area contributed by atoms with Crippen LogP contribution in [-0.2, 0) is 5.41 Å². The fourth-order valence-electron chi connectivity index (χ4n) is 13.9. The van der Waals surface area contributed by atoms with Crippen LogP contribution in [-0.4, -0.2) is 4.57 Å². The topological polar surface area (TPSA) is 21.3 Å². The number of benzene rings is 13. The van der Waals surface area contributed by atoms with Crippen LogP contribution in [0.4, 0.5) is 17.1 Å². The molecular formula is C77H48N2O. The Hall–Kier alpha value is -10.5. The van der Waals surface area contributed by atoms with E-state index in [1.807, 2.05) is 6.07 Å². The standard InChI is InChI=1S/C77H48N2O/c1-2-17-49(18-3-1)51-19-14-20-56(46-51)59-21-5-10-31-71(59)78(57-41-37-50(38-42-57)60-25-15-27-66-64-24-7-13-34-74(64)80-76(60)66)58-43-39-53-45-52(35-36-54(53)47-58)55-40-44-62-61-22-4-8-28-67(61)77(70(62)48-55)68-29-9-12-33-73(68)79-72-32-11-6-23-63(72)65-26-16-30-69(77)75(65)79/h1-48H. The monoisotopic (exact) mass is 1020 g/mol. The molecule has 1 aliphatic carbocycles. The molecule has 3 heteroatoms. The van der Waals surface area contributed by atoms with E-state index in [9.17, 15) is 0 Å². The van der Waals surface area contributed by atoms with Crippen LogP contribution in [0.3, 0.4) is 0 Å². The highest BCUT2D eigenvalue weighted by atomic mass is 16.3. The molecule has 13 aromatic carbocycles. The molecule has 0 fully saturated rings. The third-order valence-electron chi connectivity index (χ3n) is 17.4. The van der Waals surface area contributed by atoms with Crippen molar-refractivity contribution in [1.82, 2.24) is 4.57 Å². The Balaban J connectivity index is 0.803. The van der Waals surface area contributed by atoms with E-state index in [1.165, 1.54) is 93.9 Å². The molecule has 372 valence electrons. The summed E-state index contributed by atoms with van der Waals surface area (Å²) in [6, 6.07) is 107. The Labute approximate surface area is 463 Å². The zero-order chi connectivity index (χ0) is 52.5. The van der Waals surface area contributed by atoms with Gasteiger partial charge in [-0.15, -0.1) is 0 Å². The maximum absolute atomic E-state index is 6.53. The predicted octanol–water partition coefficient (Wildman–Crippen LogP) is 20.7. The molecule has 2 aliphatic rings. The number of nitrogens with zero attached hydrogens (tertiary/aromatic N) is 2. The third-order valence-corrected chi connectivity index (χ3v) is 17.4. The van der Waals surface area contributed by atoms with Crippen LogP contribution in [0, 0.1) is 0 Å². The molecular weight excluding hydrogens is 969 g/mol. The van der Waals surface area contributed by atoms with Gasteiger partial charge in [-0.2, -0.15) is 0 Å². The Morgan fingerprint density at radius 3 is 1.81 bits per heavy atom. The van der Waals surface area contributed by atoms with Crippen molar-refractivity contribution in [3.63, 3.8) is 0 Å². The summed E-state index contributed by atoms with van der Waals surface area (Å²) in [7, 11) is 0. The summed E-state index contributed by atoms with van der Waals surface area (Å²) in [5, 5.41) is 7.17. The Kier molecular flexibility index (Phi) is 9.63. The zero-order valence-corrected chi connectivity index (χ0v) is 43.5. The van der Waals surface area contributed by atoms with E-state index in [1.54, 1.807) is 0 Å². The van der Waals surface area contributed by atoms with Gasteiger partial charge in [0.05, 0.1) is 27.8 Å². The normalized spacial score (nSPS) is 14.1. The molecule has 1 unspecified atom stereocenters. The minimum atomic E-state index is -0.518. The minimum Gasteiger partial charge on any atom is -0.455 e. The first-order valence-corrected chi connectivity index (χ1v) is 27.6. The summed E-state index contributed by atoms with van der Waals surface area (Å²) in [4.78, 5) is 2.42. The second-order valence-electron chi connectivity index (χ2n) is 21.5. The zero-order valence-electron chi connectivity index (χ0n) is 43.5. The van der Waals surface area contributed by atoms with Gasteiger partial charge in [-0.25, -0.2) is 0 Å². The van der Waals surface area contributed by atoms with Gasteiger partial charge in [-0.1, -0.05) is 224 Å². The molecule has 0 saturated carbocycles. The highest BCUT2D eigenvalue weighted by Gasteiger charge is 2.51. The molecule has 0 bridgehead atoms. The molecule has 80 heavy (non-hydrogen) atoms. The molecule has 0 radical (unpaired) electrons. The van der Waals surface area contributed by atoms with Gasteiger partial charge < -0.3 is 13.9 Å². The Morgan fingerprint density at radius 1 is 0.312 bits per heavy atom. The number of para-hydroxylation sites is 6. The molecule has 3 heterocycles. The second-order valence-corrected chi connectivity index (χ2v) is 21.5. The fourth-order valence-corrected chi connectivity index (χ4v) is 13.9. The van der Waals surface area contributed by atoms with Crippen LogP contribution in [0.2, 0.25) is 0 Å². The highest BCUT2D eigenvalue weighted by Crippen LogP contribution is 2.61. The van der Waals surface area contributed by atoms with E-state index in [2.05, 4.69) is 295 Å². The fraction of sp³-hybridized carbons (Fsp3) is 0.0130. The first kappa shape index (κ1) is 44.6. The van der Waals surface area contributed by atoms with E-state index in [0.717, 1.165) is 61.3 Å². The third kappa shape index (κ3) is 6.43. The van der Waals surface area contributed by atoms with Gasteiger partial charge in [0.15, 0.2) is 0 Å². The number of hydrogen-bond acceptors (Lipinski definition) is 2. The first-order valence-electron chi connectivity index (χ1n) is 27.6. The SMILES string of the molecule is c1ccc(-c2cccc(-c3ccccc3N(c3ccc(-c4cccc5c4oc4ccccc45)cc3)c3ccc4cc(-c5ccc6c(c5)C5(c7ccccc7-6)c6ccccc6-n6c7ccccc7c7cccc5c76)ccc4c3)c2)cc1. The molecule has 0 amide bonds. The molecule has 1 spiro atoms. The molecule has 1 atom stereocenters. The molecule has 0 saturated heterocycles. The van der Waals surface area contributed by atoms with Gasteiger partial charge in [0.2, 0.25) is 0 Å². The summed E-state index contributed by atoms with van der Waals surface area (Å²) in [6.07, 6.45) is 0. The van der Waals surface area contributed by atoms with Gasteiger partial charge >= 0.3 is 0 Å².